The van der Waals surface area contributed by atoms with E-state index < -0.39 is 6.29 Å². The van der Waals surface area contributed by atoms with Crippen molar-refractivity contribution in [2.75, 3.05) is 13.2 Å². The molecule has 0 N–H and O–H groups in total. The van der Waals surface area contributed by atoms with E-state index in [1.165, 1.54) is 69.8 Å². The molecule has 2 unspecified atom stereocenters. The van der Waals surface area contributed by atoms with E-state index >= 15 is 0 Å². The SMILES string of the molecule is CC/C=C/CC(=O)OC1COC(c2ccc(C34CCC(CCCCC)(CC3)CC4)cc2)CO1. The first kappa shape index (κ1) is 24.5. The molecule has 3 aliphatic carbocycles. The van der Waals surface area contributed by atoms with Crippen molar-refractivity contribution >= 4 is 5.97 Å². The van der Waals surface area contributed by atoms with Crippen molar-refractivity contribution in [1.29, 1.82) is 0 Å². The Labute approximate surface area is 200 Å². The van der Waals surface area contributed by atoms with Crippen molar-refractivity contribution in [2.24, 2.45) is 5.41 Å². The van der Waals surface area contributed by atoms with E-state index in [1.54, 1.807) is 0 Å². The molecule has 33 heavy (non-hydrogen) atoms. The van der Waals surface area contributed by atoms with Gasteiger partial charge in [0, 0.05) is 0 Å². The highest BCUT2D eigenvalue weighted by Crippen LogP contribution is 2.59. The zero-order valence-corrected chi connectivity index (χ0v) is 20.7. The van der Waals surface area contributed by atoms with Crippen LogP contribution in [-0.2, 0) is 24.4 Å². The molecule has 0 radical (unpaired) electrons. The number of unbranched alkanes of at least 4 members (excludes halogenated alkanes) is 2. The van der Waals surface area contributed by atoms with E-state index in [0.29, 0.717) is 17.4 Å². The van der Waals surface area contributed by atoms with Crippen LogP contribution < -0.4 is 0 Å². The fourth-order valence-corrected chi connectivity index (χ4v) is 6.16. The third kappa shape index (κ3) is 5.89. The lowest BCUT2D eigenvalue weighted by atomic mass is 9.51. The van der Waals surface area contributed by atoms with E-state index in [0.717, 1.165) is 12.0 Å². The summed E-state index contributed by atoms with van der Waals surface area (Å²) in [5, 5.41) is 0. The summed E-state index contributed by atoms with van der Waals surface area (Å²) in [6, 6.07) is 9.11. The fraction of sp³-hybridized carbons (Fsp3) is 0.690. The van der Waals surface area contributed by atoms with Crippen molar-refractivity contribution in [3.05, 3.63) is 47.5 Å². The molecule has 4 nitrogen and oxygen atoms in total. The Bertz CT molecular complexity index is 764. The van der Waals surface area contributed by atoms with Gasteiger partial charge in [-0.05, 0) is 73.3 Å². The largest absolute Gasteiger partial charge is 0.433 e. The number of carbonyl (C=O) groups excluding carboxylic acids is 1. The summed E-state index contributed by atoms with van der Waals surface area (Å²) in [7, 11) is 0. The molecule has 0 amide bonds. The van der Waals surface area contributed by atoms with Crippen LogP contribution >= 0.6 is 0 Å². The van der Waals surface area contributed by atoms with Gasteiger partial charge < -0.3 is 14.2 Å². The summed E-state index contributed by atoms with van der Waals surface area (Å²) in [5.74, 6) is -0.273. The molecule has 1 aliphatic heterocycles. The second kappa shape index (κ2) is 11.2. The summed E-state index contributed by atoms with van der Waals surface area (Å²) in [4.78, 5) is 11.9. The van der Waals surface area contributed by atoms with Crippen LogP contribution in [0.5, 0.6) is 0 Å². The number of allylic oxidation sites excluding steroid dienone is 1. The van der Waals surface area contributed by atoms with E-state index in [-0.39, 0.29) is 25.1 Å². The van der Waals surface area contributed by atoms with Gasteiger partial charge >= 0.3 is 5.97 Å². The molecular formula is C29H42O4. The molecule has 1 heterocycles. The first-order valence-corrected chi connectivity index (χ1v) is 13.3. The topological polar surface area (TPSA) is 44.8 Å². The Morgan fingerprint density at radius 3 is 2.30 bits per heavy atom. The Kier molecular flexibility index (Phi) is 8.29. The second-order valence-electron chi connectivity index (χ2n) is 10.5. The van der Waals surface area contributed by atoms with Gasteiger partial charge in [-0.3, -0.25) is 4.79 Å². The number of carbonyl (C=O) groups is 1. The summed E-state index contributed by atoms with van der Waals surface area (Å²) < 4.78 is 17.1. The van der Waals surface area contributed by atoms with Crippen LogP contribution in [0.3, 0.4) is 0 Å². The van der Waals surface area contributed by atoms with Crippen LogP contribution in [0.4, 0.5) is 0 Å². The van der Waals surface area contributed by atoms with Crippen LogP contribution in [0, 0.1) is 5.41 Å². The molecule has 3 saturated carbocycles. The smallest absolute Gasteiger partial charge is 0.312 e. The molecular weight excluding hydrogens is 412 g/mol. The Morgan fingerprint density at radius 2 is 1.70 bits per heavy atom. The van der Waals surface area contributed by atoms with Crippen LogP contribution in [0.15, 0.2) is 36.4 Å². The minimum Gasteiger partial charge on any atom is -0.433 e. The van der Waals surface area contributed by atoms with Crippen LogP contribution in [0.1, 0.15) is 108 Å². The minimum atomic E-state index is -0.607. The molecule has 0 aromatic heterocycles. The maximum atomic E-state index is 11.9. The monoisotopic (exact) mass is 454 g/mol. The van der Waals surface area contributed by atoms with E-state index in [9.17, 15) is 4.79 Å². The minimum absolute atomic E-state index is 0.101. The first-order chi connectivity index (χ1) is 16.1. The van der Waals surface area contributed by atoms with Crippen LogP contribution in [0.2, 0.25) is 0 Å². The fourth-order valence-electron chi connectivity index (χ4n) is 6.16. The summed E-state index contributed by atoms with van der Waals surface area (Å²) in [6.07, 6.45) is 18.1. The van der Waals surface area contributed by atoms with Gasteiger partial charge in [0.2, 0.25) is 6.29 Å². The highest BCUT2D eigenvalue weighted by Gasteiger charge is 2.48. The number of hydrogen-bond donors (Lipinski definition) is 0. The summed E-state index contributed by atoms with van der Waals surface area (Å²) in [5.41, 5.74) is 3.69. The maximum Gasteiger partial charge on any atom is 0.312 e. The molecule has 2 atom stereocenters. The molecule has 0 spiro atoms. The third-order valence-corrected chi connectivity index (χ3v) is 8.42. The number of hydrogen-bond acceptors (Lipinski definition) is 4. The highest BCUT2D eigenvalue weighted by molar-refractivity contribution is 5.71. The Balaban J connectivity index is 1.27. The standard InChI is InChI=1S/C29H42O4/c1-3-5-7-9-26(30)33-27-22-31-25(21-32-27)23-10-12-24(13-11-23)29-18-15-28(16-19-29,17-20-29)14-8-6-4-2/h5,7,10-13,25,27H,3-4,6,8-9,14-22H2,1-2H3/b7-5+. The molecule has 182 valence electrons. The molecule has 4 heteroatoms. The van der Waals surface area contributed by atoms with Gasteiger partial charge in [-0.15, -0.1) is 0 Å². The van der Waals surface area contributed by atoms with Crippen LogP contribution in [-0.4, -0.2) is 25.5 Å². The normalized spacial score (nSPS) is 31.7. The molecule has 2 bridgehead atoms. The third-order valence-electron chi connectivity index (χ3n) is 8.42. The lowest BCUT2D eigenvalue weighted by Gasteiger charge is -2.54. The molecule has 5 rings (SSSR count). The predicted octanol–water partition coefficient (Wildman–Crippen LogP) is 7.17. The number of fused-ring (bicyclic) bond motifs is 3. The van der Waals surface area contributed by atoms with Gasteiger partial charge in [0.05, 0.1) is 13.0 Å². The molecule has 4 aliphatic rings. The summed E-state index contributed by atoms with van der Waals surface area (Å²) in [6.45, 7) is 5.03. The van der Waals surface area contributed by atoms with E-state index in [1.807, 2.05) is 19.1 Å². The molecule has 1 aromatic carbocycles. The van der Waals surface area contributed by atoms with E-state index in [2.05, 4.69) is 31.2 Å². The highest BCUT2D eigenvalue weighted by atomic mass is 16.7. The van der Waals surface area contributed by atoms with Crippen molar-refractivity contribution in [3.63, 3.8) is 0 Å². The maximum absolute atomic E-state index is 11.9. The van der Waals surface area contributed by atoms with Gasteiger partial charge in [0.15, 0.2) is 0 Å². The van der Waals surface area contributed by atoms with Gasteiger partial charge in [0.1, 0.15) is 12.7 Å². The number of rotatable bonds is 10. The second-order valence-corrected chi connectivity index (χ2v) is 10.5. The lowest BCUT2D eigenvalue weighted by Crippen LogP contribution is -2.44. The quantitative estimate of drug-likeness (QED) is 0.213. The van der Waals surface area contributed by atoms with Gasteiger partial charge in [-0.1, -0.05) is 69.5 Å². The van der Waals surface area contributed by atoms with Gasteiger partial charge in [-0.25, -0.2) is 0 Å². The van der Waals surface area contributed by atoms with Crippen molar-refractivity contribution < 1.29 is 19.0 Å². The van der Waals surface area contributed by atoms with Crippen LogP contribution in [0.25, 0.3) is 0 Å². The van der Waals surface area contributed by atoms with Gasteiger partial charge in [0.25, 0.3) is 0 Å². The van der Waals surface area contributed by atoms with E-state index in [4.69, 9.17) is 14.2 Å². The van der Waals surface area contributed by atoms with Crippen molar-refractivity contribution in [1.82, 2.24) is 0 Å². The average Bonchev–Trinajstić information content (AvgIpc) is 2.86. The lowest BCUT2D eigenvalue weighted by molar-refractivity contribution is -0.232. The van der Waals surface area contributed by atoms with Crippen molar-refractivity contribution in [2.45, 2.75) is 109 Å². The zero-order valence-electron chi connectivity index (χ0n) is 20.7. The first-order valence-electron chi connectivity index (χ1n) is 13.3. The van der Waals surface area contributed by atoms with Gasteiger partial charge in [-0.2, -0.15) is 0 Å². The number of benzene rings is 1. The zero-order chi connectivity index (χ0) is 23.2. The average molecular weight is 455 g/mol. The van der Waals surface area contributed by atoms with Crippen molar-refractivity contribution in [3.8, 4) is 0 Å². The molecule has 1 aromatic rings. The predicted molar refractivity (Wildman–Crippen MR) is 131 cm³/mol. The molecule has 4 fully saturated rings. The Morgan fingerprint density at radius 1 is 0.970 bits per heavy atom. The Hall–Kier alpha value is -1.65. The summed E-state index contributed by atoms with van der Waals surface area (Å²) >= 11 is 0. The number of esters is 1. The number of ether oxygens (including phenoxy) is 3. The molecule has 1 saturated heterocycles.